The zero-order valence-corrected chi connectivity index (χ0v) is 23.7. The fraction of sp³-hybridized carbons (Fsp3) is 0.618. The van der Waals surface area contributed by atoms with Crippen LogP contribution in [0.3, 0.4) is 0 Å². The van der Waals surface area contributed by atoms with Crippen molar-refractivity contribution in [1.82, 2.24) is 0 Å². The van der Waals surface area contributed by atoms with Crippen LogP contribution >= 0.6 is 0 Å². The maximum Gasteiger partial charge on any atom is 0.306 e. The molecule has 0 fully saturated rings. The second kappa shape index (κ2) is 20.7. The molecule has 0 amide bonds. The van der Waals surface area contributed by atoms with E-state index in [1.165, 1.54) is 89.9 Å². The van der Waals surface area contributed by atoms with E-state index >= 15 is 0 Å². The van der Waals surface area contributed by atoms with Gasteiger partial charge in [-0.2, -0.15) is 0 Å². The van der Waals surface area contributed by atoms with Gasteiger partial charge in [-0.3, -0.25) is 4.79 Å². The van der Waals surface area contributed by atoms with Gasteiger partial charge in [0.15, 0.2) is 0 Å². The Morgan fingerprint density at radius 3 is 1.65 bits per heavy atom. The summed E-state index contributed by atoms with van der Waals surface area (Å²) in [5.74, 6) is 0.724. The minimum absolute atomic E-state index is 0.0951. The number of esters is 1. The third-order valence-electron chi connectivity index (χ3n) is 7.14. The van der Waals surface area contributed by atoms with Crippen molar-refractivity contribution in [2.75, 3.05) is 0 Å². The molecule has 2 rings (SSSR count). The van der Waals surface area contributed by atoms with Crippen molar-refractivity contribution >= 4 is 5.97 Å². The number of carbonyl (C=O) groups is 1. The third-order valence-corrected chi connectivity index (χ3v) is 7.14. The summed E-state index contributed by atoms with van der Waals surface area (Å²) in [6.45, 7) is 4.76. The number of carbonyl (C=O) groups excluding carboxylic acids is 1. The number of rotatable bonds is 22. The Labute approximate surface area is 227 Å². The van der Waals surface area contributed by atoms with E-state index in [4.69, 9.17) is 9.47 Å². The molecule has 206 valence electrons. The van der Waals surface area contributed by atoms with E-state index < -0.39 is 0 Å². The fourth-order valence-corrected chi connectivity index (χ4v) is 4.72. The van der Waals surface area contributed by atoms with Crippen LogP contribution in [0, 0.1) is 0 Å². The highest BCUT2D eigenvalue weighted by Gasteiger charge is 2.11. The van der Waals surface area contributed by atoms with Crippen LogP contribution in [0.4, 0.5) is 0 Å². The Morgan fingerprint density at radius 1 is 0.649 bits per heavy atom. The minimum atomic E-state index is -0.239. The highest BCUT2D eigenvalue weighted by atomic mass is 16.5. The number of unbranched alkanes of at least 4 members (excludes halogenated alkanes) is 15. The molecule has 2 aromatic carbocycles. The number of benzene rings is 2. The average Bonchev–Trinajstić information content (AvgIpc) is 2.92. The van der Waals surface area contributed by atoms with Crippen LogP contribution in [0.15, 0.2) is 54.6 Å². The number of hydrogen-bond acceptors (Lipinski definition) is 3. The minimum Gasteiger partial charge on any atom is -0.489 e. The molecule has 0 heterocycles. The maximum atomic E-state index is 12.3. The molecule has 3 nitrogen and oxygen atoms in total. The molecule has 0 aliphatic rings. The van der Waals surface area contributed by atoms with E-state index in [0.29, 0.717) is 13.0 Å². The molecule has 0 aromatic heterocycles. The van der Waals surface area contributed by atoms with E-state index in [1.54, 1.807) is 0 Å². The molecule has 0 aliphatic carbocycles. The standard InChI is InChI=1S/C34H52O3/c1-3-4-5-6-7-8-9-10-11-12-13-14-15-16-17-21-24-34(35)37-30(2)32-25-27-33(28-26-32)36-29-31-22-19-18-20-23-31/h18-20,22-23,25-28,30H,3-17,21,24,29H2,1-2H3. The van der Waals surface area contributed by atoms with E-state index in [2.05, 4.69) is 19.1 Å². The van der Waals surface area contributed by atoms with Crippen LogP contribution in [0.1, 0.15) is 140 Å². The number of ether oxygens (including phenoxy) is 2. The topological polar surface area (TPSA) is 35.5 Å². The Balaban J connectivity index is 1.42. The lowest BCUT2D eigenvalue weighted by Gasteiger charge is -2.14. The summed E-state index contributed by atoms with van der Waals surface area (Å²) < 4.78 is 11.5. The van der Waals surface area contributed by atoms with Gasteiger partial charge in [0.2, 0.25) is 0 Å². The van der Waals surface area contributed by atoms with E-state index in [0.717, 1.165) is 29.7 Å². The van der Waals surface area contributed by atoms with E-state index in [-0.39, 0.29) is 12.1 Å². The highest BCUT2D eigenvalue weighted by Crippen LogP contribution is 2.22. The molecule has 37 heavy (non-hydrogen) atoms. The van der Waals surface area contributed by atoms with Crippen molar-refractivity contribution in [3.05, 3.63) is 65.7 Å². The normalized spacial score (nSPS) is 11.8. The van der Waals surface area contributed by atoms with Gasteiger partial charge in [-0.25, -0.2) is 0 Å². The molecule has 0 aliphatic heterocycles. The molecule has 3 heteroatoms. The Hall–Kier alpha value is -2.29. The van der Waals surface area contributed by atoms with Crippen molar-refractivity contribution in [2.24, 2.45) is 0 Å². The quantitative estimate of drug-likeness (QED) is 0.117. The second-order valence-electron chi connectivity index (χ2n) is 10.5. The molecule has 0 bridgehead atoms. The van der Waals surface area contributed by atoms with Crippen molar-refractivity contribution in [3.63, 3.8) is 0 Å². The number of hydrogen-bond donors (Lipinski definition) is 0. The summed E-state index contributed by atoms with van der Waals surface area (Å²) in [5, 5.41) is 0. The van der Waals surface area contributed by atoms with Crippen LogP contribution in [0.25, 0.3) is 0 Å². The van der Waals surface area contributed by atoms with Gasteiger partial charge >= 0.3 is 5.97 Å². The largest absolute Gasteiger partial charge is 0.489 e. The zero-order chi connectivity index (χ0) is 26.4. The predicted molar refractivity (Wildman–Crippen MR) is 156 cm³/mol. The van der Waals surface area contributed by atoms with Gasteiger partial charge in [-0.1, -0.05) is 146 Å². The Kier molecular flexibility index (Phi) is 17.3. The molecule has 1 unspecified atom stereocenters. The summed E-state index contributed by atoms with van der Waals surface area (Å²) in [6.07, 6.45) is 21.7. The first-order valence-corrected chi connectivity index (χ1v) is 15.1. The van der Waals surface area contributed by atoms with Crippen LogP contribution < -0.4 is 4.74 Å². The fourth-order valence-electron chi connectivity index (χ4n) is 4.72. The van der Waals surface area contributed by atoms with Gasteiger partial charge in [0.25, 0.3) is 0 Å². The first-order chi connectivity index (χ1) is 18.2. The summed E-state index contributed by atoms with van der Waals surface area (Å²) in [4.78, 5) is 12.3. The summed E-state index contributed by atoms with van der Waals surface area (Å²) in [5.41, 5.74) is 2.13. The maximum absolute atomic E-state index is 12.3. The van der Waals surface area contributed by atoms with Gasteiger partial charge < -0.3 is 9.47 Å². The highest BCUT2D eigenvalue weighted by molar-refractivity contribution is 5.69. The van der Waals surface area contributed by atoms with Crippen molar-refractivity contribution in [3.8, 4) is 5.75 Å². The molecule has 0 saturated heterocycles. The predicted octanol–water partition coefficient (Wildman–Crippen LogP) is 10.5. The molecule has 0 N–H and O–H groups in total. The first kappa shape index (κ1) is 30.9. The first-order valence-electron chi connectivity index (χ1n) is 15.1. The molecular formula is C34H52O3. The summed E-state index contributed by atoms with van der Waals surface area (Å²) in [6, 6.07) is 18.0. The molecule has 0 radical (unpaired) electrons. The lowest BCUT2D eigenvalue weighted by molar-refractivity contribution is -0.148. The summed E-state index contributed by atoms with van der Waals surface area (Å²) >= 11 is 0. The molecule has 0 saturated carbocycles. The van der Waals surface area contributed by atoms with Gasteiger partial charge in [0.1, 0.15) is 18.5 Å². The van der Waals surface area contributed by atoms with Crippen LogP contribution in [-0.4, -0.2) is 5.97 Å². The monoisotopic (exact) mass is 508 g/mol. The summed E-state index contributed by atoms with van der Waals surface area (Å²) in [7, 11) is 0. The van der Waals surface area contributed by atoms with E-state index in [9.17, 15) is 4.79 Å². The van der Waals surface area contributed by atoms with Gasteiger partial charge in [0, 0.05) is 6.42 Å². The molecule has 0 spiro atoms. The van der Waals surface area contributed by atoms with Crippen molar-refractivity contribution in [2.45, 2.75) is 136 Å². The van der Waals surface area contributed by atoms with Gasteiger partial charge in [-0.05, 0) is 36.6 Å². The lowest BCUT2D eigenvalue weighted by atomic mass is 10.0. The second-order valence-corrected chi connectivity index (χ2v) is 10.5. The lowest BCUT2D eigenvalue weighted by Crippen LogP contribution is -2.08. The molecular weight excluding hydrogens is 456 g/mol. The van der Waals surface area contributed by atoms with E-state index in [1.807, 2.05) is 49.4 Å². The van der Waals surface area contributed by atoms with Crippen LogP contribution in [0.5, 0.6) is 5.75 Å². The van der Waals surface area contributed by atoms with Crippen molar-refractivity contribution in [1.29, 1.82) is 0 Å². The smallest absolute Gasteiger partial charge is 0.306 e. The average molecular weight is 509 g/mol. The van der Waals surface area contributed by atoms with Crippen molar-refractivity contribution < 1.29 is 14.3 Å². The zero-order valence-electron chi connectivity index (χ0n) is 23.7. The van der Waals surface area contributed by atoms with Gasteiger partial charge in [-0.15, -0.1) is 0 Å². The van der Waals surface area contributed by atoms with Gasteiger partial charge in [0.05, 0.1) is 0 Å². The van der Waals surface area contributed by atoms with Crippen LogP contribution in [-0.2, 0) is 16.1 Å². The third kappa shape index (κ3) is 15.5. The van der Waals surface area contributed by atoms with Crippen LogP contribution in [0.2, 0.25) is 0 Å². The SMILES string of the molecule is CCCCCCCCCCCCCCCCCCC(=O)OC(C)c1ccc(OCc2ccccc2)cc1. The molecule has 1 atom stereocenters. The Bertz CT molecular complexity index is 800. The molecule has 2 aromatic rings. The Morgan fingerprint density at radius 2 is 1.14 bits per heavy atom.